The molecule has 1 atom stereocenters. The van der Waals surface area contributed by atoms with Gasteiger partial charge in [0.1, 0.15) is 0 Å². The Kier molecular flexibility index (Phi) is 2.49. The van der Waals surface area contributed by atoms with Crippen molar-refractivity contribution in [3.8, 4) is 0 Å². The van der Waals surface area contributed by atoms with Gasteiger partial charge in [0.25, 0.3) is 0 Å². The fourth-order valence-corrected chi connectivity index (χ4v) is 1.55. The van der Waals surface area contributed by atoms with E-state index >= 15 is 0 Å². The van der Waals surface area contributed by atoms with Crippen LogP contribution in [0.2, 0.25) is 0 Å². The minimum Gasteiger partial charge on any atom is -0.394 e. The molecular formula is C8H9BrN4O. The Morgan fingerprint density at radius 1 is 1.64 bits per heavy atom. The lowest BCUT2D eigenvalue weighted by molar-refractivity contribution is 0.263. The van der Waals surface area contributed by atoms with Gasteiger partial charge in [0.05, 0.1) is 17.1 Å². The van der Waals surface area contributed by atoms with E-state index in [2.05, 4.69) is 26.0 Å². The van der Waals surface area contributed by atoms with Crippen LogP contribution in [0, 0.1) is 0 Å². The number of rotatable bonds is 2. The number of aromatic nitrogens is 3. The highest BCUT2D eigenvalue weighted by Crippen LogP contribution is 2.16. The summed E-state index contributed by atoms with van der Waals surface area (Å²) >= 11 is 3.35. The van der Waals surface area contributed by atoms with Crippen LogP contribution in [-0.2, 0) is 0 Å². The third-order valence-corrected chi connectivity index (χ3v) is 2.48. The number of nitrogens with zero attached hydrogens (tertiary/aromatic N) is 3. The summed E-state index contributed by atoms with van der Waals surface area (Å²) in [6.45, 7) is -0.158. The molecule has 0 aliphatic rings. The van der Waals surface area contributed by atoms with Crippen molar-refractivity contribution < 1.29 is 5.11 Å². The van der Waals surface area contributed by atoms with Gasteiger partial charge in [-0.1, -0.05) is 0 Å². The monoisotopic (exact) mass is 256 g/mol. The number of fused-ring (bicyclic) bond motifs is 1. The molecule has 2 aromatic rings. The van der Waals surface area contributed by atoms with Crippen molar-refractivity contribution in [2.45, 2.75) is 6.04 Å². The van der Waals surface area contributed by atoms with Gasteiger partial charge >= 0.3 is 0 Å². The van der Waals surface area contributed by atoms with Gasteiger partial charge in [-0.05, 0) is 28.1 Å². The van der Waals surface area contributed by atoms with E-state index < -0.39 is 6.04 Å². The van der Waals surface area contributed by atoms with Crippen LogP contribution in [0.1, 0.15) is 11.9 Å². The third-order valence-electron chi connectivity index (χ3n) is 1.86. The summed E-state index contributed by atoms with van der Waals surface area (Å²) in [6, 6.07) is 3.19. The highest BCUT2D eigenvalue weighted by atomic mass is 79.9. The van der Waals surface area contributed by atoms with Gasteiger partial charge in [-0.15, -0.1) is 5.10 Å². The molecule has 3 N–H and O–H groups in total. The molecule has 14 heavy (non-hydrogen) atoms. The number of pyridine rings is 1. The van der Waals surface area contributed by atoms with Gasteiger partial charge in [-0.25, -0.2) is 9.50 Å². The summed E-state index contributed by atoms with van der Waals surface area (Å²) < 4.78 is 2.47. The molecule has 0 aliphatic heterocycles. The molecule has 2 heterocycles. The van der Waals surface area contributed by atoms with Crippen molar-refractivity contribution in [1.29, 1.82) is 0 Å². The molecule has 0 bridgehead atoms. The summed E-state index contributed by atoms with van der Waals surface area (Å²) in [5.74, 6) is 0.444. The first-order valence-corrected chi connectivity index (χ1v) is 4.89. The Bertz CT molecular complexity index is 456. The second kappa shape index (κ2) is 3.64. The number of hydrogen-bond donors (Lipinski definition) is 2. The second-order valence-electron chi connectivity index (χ2n) is 2.88. The molecule has 5 nitrogen and oxygen atoms in total. The predicted octanol–water partition coefficient (Wildman–Crippen LogP) is 0.484. The molecule has 0 spiro atoms. The van der Waals surface area contributed by atoms with Crippen LogP contribution < -0.4 is 5.73 Å². The molecule has 0 saturated carbocycles. The Balaban J connectivity index is 2.56. The number of hydrogen-bond acceptors (Lipinski definition) is 4. The summed E-state index contributed by atoms with van der Waals surface area (Å²) in [5, 5.41) is 13.0. The number of halogens is 1. The Labute approximate surface area is 88.7 Å². The summed E-state index contributed by atoms with van der Waals surface area (Å²) in [6.07, 6.45) is 1.78. The van der Waals surface area contributed by atoms with Gasteiger partial charge in [0.15, 0.2) is 11.5 Å². The van der Waals surface area contributed by atoms with Crippen molar-refractivity contribution >= 4 is 21.6 Å². The first-order valence-electron chi connectivity index (χ1n) is 4.09. The molecule has 0 aliphatic carbocycles. The number of aliphatic hydroxyl groups excluding tert-OH is 1. The van der Waals surface area contributed by atoms with Crippen LogP contribution in [0.3, 0.4) is 0 Å². The molecular weight excluding hydrogens is 248 g/mol. The van der Waals surface area contributed by atoms with E-state index in [0.29, 0.717) is 11.5 Å². The minimum absolute atomic E-state index is 0.158. The maximum Gasteiger partial charge on any atom is 0.170 e. The van der Waals surface area contributed by atoms with Gasteiger partial charge in [-0.2, -0.15) is 0 Å². The zero-order valence-electron chi connectivity index (χ0n) is 7.26. The topological polar surface area (TPSA) is 76.4 Å². The van der Waals surface area contributed by atoms with E-state index in [1.807, 2.05) is 12.1 Å². The quantitative estimate of drug-likeness (QED) is 0.820. The Morgan fingerprint density at radius 3 is 3.07 bits per heavy atom. The zero-order valence-corrected chi connectivity index (χ0v) is 8.85. The fraction of sp³-hybridized carbons (Fsp3) is 0.250. The van der Waals surface area contributed by atoms with Crippen molar-refractivity contribution in [3.05, 3.63) is 28.6 Å². The molecule has 6 heteroatoms. The largest absolute Gasteiger partial charge is 0.394 e. The smallest absolute Gasteiger partial charge is 0.170 e. The van der Waals surface area contributed by atoms with Crippen molar-refractivity contribution in [3.63, 3.8) is 0 Å². The second-order valence-corrected chi connectivity index (χ2v) is 3.74. The average Bonchev–Trinajstić information content (AvgIpc) is 2.62. The van der Waals surface area contributed by atoms with E-state index in [-0.39, 0.29) is 6.61 Å². The van der Waals surface area contributed by atoms with Crippen molar-refractivity contribution in [1.82, 2.24) is 14.6 Å². The lowest BCUT2D eigenvalue weighted by atomic mass is 10.3. The van der Waals surface area contributed by atoms with Crippen molar-refractivity contribution in [2.24, 2.45) is 5.73 Å². The first-order chi connectivity index (χ1) is 6.72. The molecule has 2 aromatic heterocycles. The van der Waals surface area contributed by atoms with E-state index in [0.717, 1.165) is 4.47 Å². The average molecular weight is 257 g/mol. The highest BCUT2D eigenvalue weighted by molar-refractivity contribution is 9.10. The van der Waals surface area contributed by atoms with Gasteiger partial charge in [0.2, 0.25) is 0 Å². The maximum absolute atomic E-state index is 8.86. The zero-order chi connectivity index (χ0) is 10.1. The molecule has 74 valence electrons. The lowest BCUT2D eigenvalue weighted by Gasteiger charge is -1.99. The van der Waals surface area contributed by atoms with Gasteiger partial charge in [0, 0.05) is 6.20 Å². The Morgan fingerprint density at radius 2 is 2.43 bits per heavy atom. The van der Waals surface area contributed by atoms with Crippen LogP contribution in [0.15, 0.2) is 22.8 Å². The number of nitrogens with two attached hydrogens (primary N) is 1. The normalized spacial score (nSPS) is 13.4. The summed E-state index contributed by atoms with van der Waals surface area (Å²) in [4.78, 5) is 4.20. The molecule has 0 amide bonds. The van der Waals surface area contributed by atoms with Gasteiger partial charge in [-0.3, -0.25) is 0 Å². The molecule has 1 unspecified atom stereocenters. The van der Waals surface area contributed by atoms with Crippen molar-refractivity contribution in [2.75, 3.05) is 6.61 Å². The predicted molar refractivity (Wildman–Crippen MR) is 54.7 cm³/mol. The van der Waals surface area contributed by atoms with E-state index in [9.17, 15) is 0 Å². The van der Waals surface area contributed by atoms with Crippen LogP contribution in [0.5, 0.6) is 0 Å². The molecule has 0 aromatic carbocycles. The molecule has 0 saturated heterocycles. The SMILES string of the molecule is NC(CO)c1nc2c(Br)cccn2n1. The van der Waals surface area contributed by atoms with E-state index in [1.165, 1.54) is 0 Å². The minimum atomic E-state index is -0.526. The van der Waals surface area contributed by atoms with Crippen LogP contribution >= 0.6 is 15.9 Å². The summed E-state index contributed by atoms with van der Waals surface area (Å²) in [5.41, 5.74) is 6.30. The Hall–Kier alpha value is -0.980. The van der Waals surface area contributed by atoms with Crippen LogP contribution in [0.4, 0.5) is 0 Å². The third kappa shape index (κ3) is 1.52. The van der Waals surface area contributed by atoms with Crippen LogP contribution in [0.25, 0.3) is 5.65 Å². The molecule has 0 fully saturated rings. The maximum atomic E-state index is 8.86. The first kappa shape index (κ1) is 9.57. The van der Waals surface area contributed by atoms with Gasteiger partial charge < -0.3 is 10.8 Å². The van der Waals surface area contributed by atoms with E-state index in [4.69, 9.17) is 10.8 Å². The fourth-order valence-electron chi connectivity index (χ4n) is 1.13. The highest BCUT2D eigenvalue weighted by Gasteiger charge is 2.12. The lowest BCUT2D eigenvalue weighted by Crippen LogP contribution is -2.16. The molecule has 0 radical (unpaired) electrons. The molecule has 2 rings (SSSR count). The number of aliphatic hydroxyl groups is 1. The summed E-state index contributed by atoms with van der Waals surface area (Å²) in [7, 11) is 0. The van der Waals surface area contributed by atoms with Crippen LogP contribution in [-0.4, -0.2) is 26.3 Å². The van der Waals surface area contributed by atoms with E-state index in [1.54, 1.807) is 10.7 Å². The standard InChI is InChI=1S/C8H9BrN4O/c9-5-2-1-3-13-8(5)11-7(12-13)6(10)4-14/h1-3,6,14H,4,10H2.